The van der Waals surface area contributed by atoms with E-state index in [0.717, 1.165) is 6.07 Å². The molecule has 2 atom stereocenters. The minimum atomic E-state index is -3.70. The number of methoxy groups -OCH3 is 2. The van der Waals surface area contributed by atoms with Gasteiger partial charge in [-0.2, -0.15) is 8.78 Å². The van der Waals surface area contributed by atoms with Crippen molar-refractivity contribution in [2.75, 3.05) is 32.8 Å². The number of nitrogens with one attached hydrogen (secondary N) is 1. The average molecular weight is 508 g/mol. The van der Waals surface area contributed by atoms with E-state index in [2.05, 4.69) is 15.3 Å². The number of fused-ring (bicyclic) bond motifs is 1. The van der Waals surface area contributed by atoms with Crippen LogP contribution in [0.1, 0.15) is 43.8 Å². The maximum absolute atomic E-state index is 15.0. The summed E-state index contributed by atoms with van der Waals surface area (Å²) in [4.78, 5) is 8.96. The molecule has 0 aliphatic heterocycles. The fraction of sp³-hybridized carbons (Fsp3) is 0.462. The van der Waals surface area contributed by atoms with E-state index in [1.54, 1.807) is 33.1 Å². The highest BCUT2D eigenvalue weighted by atomic mass is 19.3. The molecule has 0 fully saturated rings. The van der Waals surface area contributed by atoms with Gasteiger partial charge in [-0.15, -0.1) is 0 Å². The molecule has 36 heavy (non-hydrogen) atoms. The number of aryl methyl sites for hydroxylation is 1. The lowest BCUT2D eigenvalue weighted by Crippen LogP contribution is -2.28. The Labute approximate surface area is 208 Å². The molecule has 3 aromatic rings. The largest absolute Gasteiger partial charge is 0.493 e. The Morgan fingerprint density at radius 2 is 1.81 bits per heavy atom. The Morgan fingerprint density at radius 3 is 2.42 bits per heavy atom. The lowest BCUT2D eigenvalue weighted by molar-refractivity contribution is -0.0583. The van der Waals surface area contributed by atoms with Crippen LogP contribution in [0.3, 0.4) is 0 Å². The van der Waals surface area contributed by atoms with Crippen LogP contribution in [0.25, 0.3) is 10.9 Å². The van der Waals surface area contributed by atoms with E-state index >= 15 is 4.39 Å². The minimum Gasteiger partial charge on any atom is -0.493 e. The molecule has 196 valence electrons. The van der Waals surface area contributed by atoms with Crippen LogP contribution < -0.4 is 14.8 Å². The van der Waals surface area contributed by atoms with Crippen molar-refractivity contribution in [3.63, 3.8) is 0 Å². The Hall–Kier alpha value is -3.11. The molecule has 10 heteroatoms. The highest BCUT2D eigenvalue weighted by molar-refractivity contribution is 5.92. The lowest BCUT2D eigenvalue weighted by atomic mass is 10.00. The quantitative estimate of drug-likeness (QED) is 0.360. The smallest absolute Gasteiger partial charge is 0.298 e. The number of halogens is 3. The predicted octanol–water partition coefficient (Wildman–Crippen LogP) is 5.39. The molecule has 0 aliphatic carbocycles. The standard InChI is InChI=1S/C26H32F3N3O4/c1-14(2)23(12-34-5)36-22-10-18-20(11-21(22)35-6)31-16(4)32-25(18)30-15(3)17-8-7-9-19(24(17)27)26(28,29)13-33/h7-11,14-15,23,33H,12-13H2,1-6H3,(H,30,31,32)/t15-,23?/m1/s1. The van der Waals surface area contributed by atoms with Crippen LogP contribution >= 0.6 is 0 Å². The molecule has 1 aromatic heterocycles. The van der Waals surface area contributed by atoms with E-state index in [1.165, 1.54) is 19.2 Å². The summed E-state index contributed by atoms with van der Waals surface area (Å²) >= 11 is 0. The number of alkyl halides is 2. The van der Waals surface area contributed by atoms with Crippen molar-refractivity contribution in [3.05, 3.63) is 53.1 Å². The fourth-order valence-electron chi connectivity index (χ4n) is 3.84. The normalized spacial score (nSPS) is 13.6. The SMILES string of the molecule is COCC(Oc1cc2c(N[C@H](C)c3cccc(C(F)(F)CO)c3F)nc(C)nc2cc1OC)C(C)C. The molecule has 0 spiro atoms. The summed E-state index contributed by atoms with van der Waals surface area (Å²) < 4.78 is 60.1. The first-order chi connectivity index (χ1) is 17.0. The van der Waals surface area contributed by atoms with Crippen molar-refractivity contribution in [2.24, 2.45) is 5.92 Å². The molecule has 0 bridgehead atoms. The molecule has 2 aromatic carbocycles. The van der Waals surface area contributed by atoms with E-state index in [4.69, 9.17) is 19.3 Å². The van der Waals surface area contributed by atoms with Gasteiger partial charge >= 0.3 is 0 Å². The van der Waals surface area contributed by atoms with Gasteiger partial charge in [0, 0.05) is 24.1 Å². The molecule has 3 rings (SSSR count). The van der Waals surface area contributed by atoms with Gasteiger partial charge in [-0.3, -0.25) is 0 Å². The zero-order chi connectivity index (χ0) is 26.6. The van der Waals surface area contributed by atoms with Crippen molar-refractivity contribution in [1.29, 1.82) is 0 Å². The zero-order valence-corrected chi connectivity index (χ0v) is 21.2. The van der Waals surface area contributed by atoms with E-state index in [9.17, 15) is 8.78 Å². The van der Waals surface area contributed by atoms with Crippen LogP contribution in [0.4, 0.5) is 19.0 Å². The Morgan fingerprint density at radius 1 is 1.08 bits per heavy atom. The summed E-state index contributed by atoms with van der Waals surface area (Å²) in [6, 6.07) is 6.43. The monoisotopic (exact) mass is 507 g/mol. The van der Waals surface area contributed by atoms with Crippen LogP contribution in [0.2, 0.25) is 0 Å². The average Bonchev–Trinajstić information content (AvgIpc) is 2.83. The molecule has 0 saturated heterocycles. The van der Waals surface area contributed by atoms with E-state index in [-0.39, 0.29) is 17.6 Å². The van der Waals surface area contributed by atoms with E-state index in [0.29, 0.717) is 40.7 Å². The summed E-state index contributed by atoms with van der Waals surface area (Å²) in [5.74, 6) is -2.86. The van der Waals surface area contributed by atoms with Gasteiger partial charge in [0.1, 0.15) is 30.2 Å². The van der Waals surface area contributed by atoms with Gasteiger partial charge in [-0.1, -0.05) is 26.0 Å². The third-order valence-electron chi connectivity index (χ3n) is 5.89. The van der Waals surface area contributed by atoms with Crippen molar-refractivity contribution in [1.82, 2.24) is 9.97 Å². The summed E-state index contributed by atoms with van der Waals surface area (Å²) in [5, 5.41) is 12.7. The Bertz CT molecular complexity index is 1210. The Kier molecular flexibility index (Phi) is 8.63. The van der Waals surface area contributed by atoms with Crippen molar-refractivity contribution in [3.8, 4) is 11.5 Å². The maximum Gasteiger partial charge on any atom is 0.298 e. The molecular formula is C26H32F3N3O4. The lowest BCUT2D eigenvalue weighted by Gasteiger charge is -2.24. The first-order valence-corrected chi connectivity index (χ1v) is 11.6. The number of aliphatic hydroxyl groups is 1. The summed E-state index contributed by atoms with van der Waals surface area (Å²) in [6.07, 6.45) is -0.243. The number of aliphatic hydroxyl groups excluding tert-OH is 1. The number of benzene rings is 2. The topological polar surface area (TPSA) is 85.7 Å². The van der Waals surface area contributed by atoms with Gasteiger partial charge in [-0.25, -0.2) is 14.4 Å². The van der Waals surface area contributed by atoms with E-state index < -0.39 is 30.0 Å². The van der Waals surface area contributed by atoms with Crippen molar-refractivity contribution >= 4 is 16.7 Å². The predicted molar refractivity (Wildman–Crippen MR) is 131 cm³/mol. The molecule has 7 nitrogen and oxygen atoms in total. The van der Waals surface area contributed by atoms with Gasteiger partial charge in [0.15, 0.2) is 11.5 Å². The van der Waals surface area contributed by atoms with Crippen molar-refractivity contribution in [2.45, 2.75) is 45.8 Å². The second kappa shape index (κ2) is 11.3. The Balaban J connectivity index is 2.05. The van der Waals surface area contributed by atoms with Crippen molar-refractivity contribution < 1.29 is 32.5 Å². The van der Waals surface area contributed by atoms with Crippen LogP contribution in [-0.4, -0.2) is 48.6 Å². The number of hydrogen-bond acceptors (Lipinski definition) is 7. The van der Waals surface area contributed by atoms with Crippen LogP contribution in [-0.2, 0) is 10.7 Å². The second-order valence-corrected chi connectivity index (χ2v) is 8.93. The molecule has 1 unspecified atom stereocenters. The number of rotatable bonds is 11. The molecule has 0 aliphatic rings. The molecule has 0 amide bonds. The molecular weight excluding hydrogens is 475 g/mol. The van der Waals surface area contributed by atoms with Gasteiger partial charge in [0.2, 0.25) is 0 Å². The first kappa shape index (κ1) is 27.5. The van der Waals surface area contributed by atoms with Crippen LogP contribution in [0.5, 0.6) is 11.5 Å². The molecule has 0 radical (unpaired) electrons. The number of anilines is 1. The zero-order valence-electron chi connectivity index (χ0n) is 21.2. The van der Waals surface area contributed by atoms with Crippen LogP contribution in [0, 0.1) is 18.7 Å². The summed E-state index contributed by atoms with van der Waals surface area (Å²) in [7, 11) is 3.13. The number of hydrogen-bond donors (Lipinski definition) is 2. The highest BCUT2D eigenvalue weighted by Gasteiger charge is 2.35. The van der Waals surface area contributed by atoms with Gasteiger partial charge in [0.25, 0.3) is 5.92 Å². The fourth-order valence-corrected chi connectivity index (χ4v) is 3.84. The van der Waals surface area contributed by atoms with Gasteiger partial charge in [-0.05, 0) is 31.9 Å². The third-order valence-corrected chi connectivity index (χ3v) is 5.89. The highest BCUT2D eigenvalue weighted by Crippen LogP contribution is 2.37. The molecule has 1 heterocycles. The summed E-state index contributed by atoms with van der Waals surface area (Å²) in [6.45, 7) is 6.26. The van der Waals surface area contributed by atoms with Crippen LogP contribution in [0.15, 0.2) is 30.3 Å². The van der Waals surface area contributed by atoms with Gasteiger partial charge < -0.3 is 24.6 Å². The number of aromatic nitrogens is 2. The molecule has 0 saturated carbocycles. The second-order valence-electron chi connectivity index (χ2n) is 8.93. The number of nitrogens with zero attached hydrogens (tertiary/aromatic N) is 2. The third kappa shape index (κ3) is 5.82. The molecule has 2 N–H and O–H groups in total. The maximum atomic E-state index is 15.0. The number of ether oxygens (including phenoxy) is 3. The minimum absolute atomic E-state index is 0.00925. The van der Waals surface area contributed by atoms with E-state index in [1.807, 2.05) is 13.8 Å². The van der Waals surface area contributed by atoms with Gasteiger partial charge in [0.05, 0.1) is 30.8 Å². The first-order valence-electron chi connectivity index (χ1n) is 11.6. The summed E-state index contributed by atoms with van der Waals surface area (Å²) in [5.41, 5.74) is -0.288.